The third-order valence-electron chi connectivity index (χ3n) is 2.27. The van der Waals surface area contributed by atoms with E-state index in [2.05, 4.69) is 0 Å². The number of nitro benzene ring substituents is 1. The van der Waals surface area contributed by atoms with Crippen molar-refractivity contribution in [3.05, 3.63) is 39.9 Å². The van der Waals surface area contributed by atoms with Crippen molar-refractivity contribution in [1.82, 2.24) is 0 Å². The number of ether oxygens (including phenoxy) is 1. The Morgan fingerprint density at radius 3 is 2.56 bits per heavy atom. The molecule has 0 saturated carbocycles. The Balaban J connectivity index is 2.46. The maximum absolute atomic E-state index is 10.4. The molecule has 0 saturated heterocycles. The van der Waals surface area contributed by atoms with Crippen LogP contribution in [0.1, 0.15) is 12.0 Å². The number of methoxy groups -OCH3 is 1. The molecule has 0 aliphatic rings. The molecule has 0 heterocycles. The molecule has 5 heteroatoms. The van der Waals surface area contributed by atoms with Crippen LogP contribution in [0.4, 0.5) is 5.69 Å². The van der Waals surface area contributed by atoms with E-state index in [0.717, 1.165) is 5.56 Å². The number of aryl methyl sites for hydroxylation is 1. The van der Waals surface area contributed by atoms with Crippen LogP contribution in [0.3, 0.4) is 0 Å². The second-order valence-electron chi connectivity index (χ2n) is 3.57. The quantitative estimate of drug-likeness (QED) is 0.588. The standard InChI is InChI=1S/C11H15NO4/c1-16-8-11(13)7-4-9-2-5-10(6-3-9)12(14)15/h2-3,5-6,11,13H,4,7-8H2,1H3. The van der Waals surface area contributed by atoms with E-state index in [1.165, 1.54) is 19.2 Å². The normalized spacial score (nSPS) is 12.4. The average Bonchev–Trinajstić information content (AvgIpc) is 2.27. The van der Waals surface area contributed by atoms with Crippen LogP contribution in [0, 0.1) is 10.1 Å². The highest BCUT2D eigenvalue weighted by Gasteiger charge is 2.06. The Morgan fingerprint density at radius 1 is 1.44 bits per heavy atom. The smallest absolute Gasteiger partial charge is 0.269 e. The predicted octanol–water partition coefficient (Wildman–Crippen LogP) is 1.53. The van der Waals surface area contributed by atoms with Crippen LogP contribution in [0.25, 0.3) is 0 Å². The molecule has 0 spiro atoms. The summed E-state index contributed by atoms with van der Waals surface area (Å²) in [6.45, 7) is 0.312. The Labute approximate surface area is 93.8 Å². The van der Waals surface area contributed by atoms with Gasteiger partial charge in [0.15, 0.2) is 0 Å². The molecule has 0 amide bonds. The first kappa shape index (κ1) is 12.6. The first-order valence-corrected chi connectivity index (χ1v) is 5.04. The van der Waals surface area contributed by atoms with Crippen molar-refractivity contribution in [3.8, 4) is 0 Å². The number of aliphatic hydroxyl groups is 1. The zero-order chi connectivity index (χ0) is 12.0. The fraction of sp³-hybridized carbons (Fsp3) is 0.455. The van der Waals surface area contributed by atoms with Crippen molar-refractivity contribution in [3.63, 3.8) is 0 Å². The molecule has 0 aliphatic carbocycles. The van der Waals surface area contributed by atoms with Crippen molar-refractivity contribution in [2.75, 3.05) is 13.7 Å². The number of aliphatic hydroxyl groups excluding tert-OH is 1. The Hall–Kier alpha value is -1.46. The second-order valence-corrected chi connectivity index (χ2v) is 3.57. The summed E-state index contributed by atoms with van der Waals surface area (Å²) in [4.78, 5) is 9.99. The summed E-state index contributed by atoms with van der Waals surface area (Å²) in [5.41, 5.74) is 1.06. The van der Waals surface area contributed by atoms with E-state index >= 15 is 0 Å². The summed E-state index contributed by atoms with van der Waals surface area (Å²) >= 11 is 0. The van der Waals surface area contributed by atoms with Crippen LogP contribution in [-0.4, -0.2) is 29.9 Å². The number of hydrogen-bond donors (Lipinski definition) is 1. The van der Waals surface area contributed by atoms with Crippen molar-refractivity contribution in [2.24, 2.45) is 0 Å². The van der Waals surface area contributed by atoms with E-state index in [1.807, 2.05) is 0 Å². The number of nitro groups is 1. The molecule has 0 bridgehead atoms. The molecular formula is C11H15NO4. The number of benzene rings is 1. The second kappa shape index (κ2) is 6.19. The van der Waals surface area contributed by atoms with Gasteiger partial charge >= 0.3 is 0 Å². The van der Waals surface area contributed by atoms with Gasteiger partial charge in [-0.2, -0.15) is 0 Å². The zero-order valence-electron chi connectivity index (χ0n) is 9.13. The van der Waals surface area contributed by atoms with Gasteiger partial charge in [0.1, 0.15) is 0 Å². The molecular weight excluding hydrogens is 210 g/mol. The Kier molecular flexibility index (Phi) is 4.88. The van der Waals surface area contributed by atoms with Gasteiger partial charge in [0.25, 0.3) is 5.69 Å². The van der Waals surface area contributed by atoms with E-state index < -0.39 is 11.0 Å². The summed E-state index contributed by atoms with van der Waals surface area (Å²) in [6.07, 6.45) is 0.786. The minimum absolute atomic E-state index is 0.0844. The van der Waals surface area contributed by atoms with Gasteiger partial charge in [0, 0.05) is 19.2 Å². The van der Waals surface area contributed by atoms with E-state index in [9.17, 15) is 15.2 Å². The summed E-state index contributed by atoms with van der Waals surface area (Å²) < 4.78 is 4.80. The van der Waals surface area contributed by atoms with Crippen LogP contribution < -0.4 is 0 Å². The van der Waals surface area contributed by atoms with E-state index in [-0.39, 0.29) is 5.69 Å². The summed E-state index contributed by atoms with van der Waals surface area (Å²) in [6, 6.07) is 6.35. The molecule has 0 aromatic heterocycles. The topological polar surface area (TPSA) is 72.6 Å². The maximum Gasteiger partial charge on any atom is 0.269 e. The largest absolute Gasteiger partial charge is 0.391 e. The zero-order valence-corrected chi connectivity index (χ0v) is 9.13. The molecule has 0 radical (unpaired) electrons. The van der Waals surface area contributed by atoms with Crippen molar-refractivity contribution in [2.45, 2.75) is 18.9 Å². The van der Waals surface area contributed by atoms with Crippen LogP contribution in [0.5, 0.6) is 0 Å². The Bertz CT molecular complexity index is 336. The predicted molar refractivity (Wildman–Crippen MR) is 59.3 cm³/mol. The molecule has 1 aromatic rings. The first-order chi connectivity index (χ1) is 7.63. The van der Waals surface area contributed by atoms with E-state index in [1.54, 1.807) is 12.1 Å². The lowest BCUT2D eigenvalue weighted by molar-refractivity contribution is -0.384. The summed E-state index contributed by atoms with van der Waals surface area (Å²) in [5.74, 6) is 0. The molecule has 16 heavy (non-hydrogen) atoms. The molecule has 0 aliphatic heterocycles. The molecule has 1 atom stereocenters. The molecule has 1 rings (SSSR count). The van der Waals surface area contributed by atoms with Gasteiger partial charge in [0.2, 0.25) is 0 Å². The van der Waals surface area contributed by atoms with Crippen LogP contribution in [0.2, 0.25) is 0 Å². The highest BCUT2D eigenvalue weighted by molar-refractivity contribution is 5.32. The van der Waals surface area contributed by atoms with Crippen LogP contribution in [0.15, 0.2) is 24.3 Å². The lowest BCUT2D eigenvalue weighted by Crippen LogP contribution is -2.14. The van der Waals surface area contributed by atoms with Gasteiger partial charge in [-0.25, -0.2) is 0 Å². The number of hydrogen-bond acceptors (Lipinski definition) is 4. The SMILES string of the molecule is COCC(O)CCc1ccc([N+](=O)[O-])cc1. The molecule has 1 N–H and O–H groups in total. The minimum atomic E-state index is -0.486. The molecule has 5 nitrogen and oxygen atoms in total. The van der Waals surface area contributed by atoms with Gasteiger partial charge < -0.3 is 9.84 Å². The highest BCUT2D eigenvalue weighted by atomic mass is 16.6. The molecule has 0 fully saturated rings. The molecule has 88 valence electrons. The minimum Gasteiger partial charge on any atom is -0.391 e. The molecule has 1 unspecified atom stereocenters. The van der Waals surface area contributed by atoms with Crippen LogP contribution >= 0.6 is 0 Å². The molecule has 1 aromatic carbocycles. The van der Waals surface area contributed by atoms with Crippen molar-refractivity contribution >= 4 is 5.69 Å². The van der Waals surface area contributed by atoms with Gasteiger partial charge in [-0.15, -0.1) is 0 Å². The van der Waals surface area contributed by atoms with Crippen LogP contribution in [-0.2, 0) is 11.2 Å². The van der Waals surface area contributed by atoms with Gasteiger partial charge in [-0.05, 0) is 18.4 Å². The fourth-order valence-electron chi connectivity index (χ4n) is 1.39. The summed E-state index contributed by atoms with van der Waals surface area (Å²) in [5, 5.41) is 19.8. The lowest BCUT2D eigenvalue weighted by Gasteiger charge is -2.08. The number of nitrogens with zero attached hydrogens (tertiary/aromatic N) is 1. The Morgan fingerprint density at radius 2 is 2.06 bits per heavy atom. The number of rotatable bonds is 6. The van der Waals surface area contributed by atoms with E-state index in [0.29, 0.717) is 19.4 Å². The summed E-state index contributed by atoms with van der Waals surface area (Å²) in [7, 11) is 1.54. The van der Waals surface area contributed by atoms with E-state index in [4.69, 9.17) is 4.74 Å². The monoisotopic (exact) mass is 225 g/mol. The van der Waals surface area contributed by atoms with Gasteiger partial charge in [0.05, 0.1) is 17.6 Å². The first-order valence-electron chi connectivity index (χ1n) is 5.04. The van der Waals surface area contributed by atoms with Gasteiger partial charge in [-0.1, -0.05) is 12.1 Å². The lowest BCUT2D eigenvalue weighted by atomic mass is 10.1. The number of non-ortho nitro benzene ring substituents is 1. The van der Waals surface area contributed by atoms with Gasteiger partial charge in [-0.3, -0.25) is 10.1 Å². The third kappa shape index (κ3) is 3.96. The average molecular weight is 225 g/mol. The fourth-order valence-corrected chi connectivity index (χ4v) is 1.39. The maximum atomic E-state index is 10.4. The third-order valence-corrected chi connectivity index (χ3v) is 2.27. The van der Waals surface area contributed by atoms with Crippen molar-refractivity contribution in [1.29, 1.82) is 0 Å². The highest BCUT2D eigenvalue weighted by Crippen LogP contribution is 2.13. The van der Waals surface area contributed by atoms with Crippen molar-refractivity contribution < 1.29 is 14.8 Å².